The molecule has 4 heterocycles. The minimum absolute atomic E-state index is 0.153. The summed E-state index contributed by atoms with van der Waals surface area (Å²) in [6.45, 7) is 8.79. The Morgan fingerprint density at radius 1 is 0.931 bits per heavy atom. The highest BCUT2D eigenvalue weighted by Crippen LogP contribution is 2.30. The molecular weight excluding hydrogens is 368 g/mol. The lowest BCUT2D eigenvalue weighted by molar-refractivity contribution is -0.00537. The highest BCUT2D eigenvalue weighted by Gasteiger charge is 2.27. The van der Waals surface area contributed by atoms with Crippen LogP contribution < -0.4 is 9.80 Å². The Hall–Kier alpha value is -2.71. The highest BCUT2D eigenvalue weighted by molar-refractivity contribution is 5.89. The van der Waals surface area contributed by atoms with Crippen LogP contribution >= 0.6 is 0 Å². The van der Waals surface area contributed by atoms with E-state index in [2.05, 4.69) is 28.7 Å². The van der Waals surface area contributed by atoms with E-state index in [-0.39, 0.29) is 12.2 Å². The number of morpholine rings is 2. The van der Waals surface area contributed by atoms with Crippen LogP contribution in [-0.2, 0) is 9.47 Å². The molecular formula is C21H26N6O2. The lowest BCUT2D eigenvalue weighted by atomic mass is 10.2. The molecule has 0 bridgehead atoms. The lowest BCUT2D eigenvalue weighted by Gasteiger charge is -2.36. The van der Waals surface area contributed by atoms with Crippen LogP contribution in [0.3, 0.4) is 0 Å². The number of fused-ring (bicyclic) bond motifs is 1. The van der Waals surface area contributed by atoms with Crippen LogP contribution in [0.15, 0.2) is 36.5 Å². The topological polar surface area (TPSA) is 68.5 Å². The summed E-state index contributed by atoms with van der Waals surface area (Å²) in [4.78, 5) is 14.4. The lowest BCUT2D eigenvalue weighted by Crippen LogP contribution is -2.46. The standard InChI is InChI=1S/C21H26N6O2/c1-15-13-26(14-16(2)29-15)19-18-12-22-27(17-6-4-3-5-7-17)20(18)24-21(23-19)25-8-10-28-11-9-25/h3-7,12,15-16H,8-11,13-14H2,1-2H3/t15-,16-/m0/s1. The van der Waals surface area contributed by atoms with Gasteiger partial charge in [0.2, 0.25) is 5.95 Å². The summed E-state index contributed by atoms with van der Waals surface area (Å²) < 4.78 is 13.4. The Morgan fingerprint density at radius 3 is 2.38 bits per heavy atom. The van der Waals surface area contributed by atoms with Crippen molar-refractivity contribution in [3.63, 3.8) is 0 Å². The van der Waals surface area contributed by atoms with Gasteiger partial charge in [-0.15, -0.1) is 0 Å². The zero-order valence-electron chi connectivity index (χ0n) is 16.9. The van der Waals surface area contributed by atoms with Gasteiger partial charge in [0.25, 0.3) is 0 Å². The molecule has 2 saturated heterocycles. The SMILES string of the molecule is C[C@H]1CN(c2nc(N3CCOCC3)nc3c2cnn3-c2ccccc2)C[C@H](C)O1. The van der Waals surface area contributed by atoms with Crippen molar-refractivity contribution in [2.24, 2.45) is 0 Å². The maximum atomic E-state index is 5.94. The molecule has 0 N–H and O–H groups in total. The highest BCUT2D eigenvalue weighted by atomic mass is 16.5. The van der Waals surface area contributed by atoms with Gasteiger partial charge >= 0.3 is 0 Å². The molecule has 0 aliphatic carbocycles. The van der Waals surface area contributed by atoms with E-state index in [0.717, 1.165) is 54.7 Å². The first-order valence-corrected chi connectivity index (χ1v) is 10.2. The second kappa shape index (κ2) is 7.61. The molecule has 5 rings (SSSR count). The Morgan fingerprint density at radius 2 is 1.66 bits per heavy atom. The third-order valence-corrected chi connectivity index (χ3v) is 5.41. The second-order valence-electron chi connectivity index (χ2n) is 7.74. The number of rotatable bonds is 3. The minimum Gasteiger partial charge on any atom is -0.378 e. The first-order chi connectivity index (χ1) is 14.2. The van der Waals surface area contributed by atoms with Gasteiger partial charge in [-0.3, -0.25) is 0 Å². The summed E-state index contributed by atoms with van der Waals surface area (Å²) in [5, 5.41) is 5.62. The van der Waals surface area contributed by atoms with E-state index < -0.39 is 0 Å². The number of hydrogen-bond donors (Lipinski definition) is 0. The molecule has 152 valence electrons. The molecule has 2 fully saturated rings. The number of hydrogen-bond acceptors (Lipinski definition) is 7. The van der Waals surface area contributed by atoms with Crippen LogP contribution in [0, 0.1) is 0 Å². The Balaban J connectivity index is 1.65. The molecule has 0 spiro atoms. The predicted molar refractivity (Wildman–Crippen MR) is 112 cm³/mol. The molecule has 29 heavy (non-hydrogen) atoms. The van der Waals surface area contributed by atoms with Crippen molar-refractivity contribution >= 4 is 22.8 Å². The fourth-order valence-electron chi connectivity index (χ4n) is 4.14. The number of aromatic nitrogens is 4. The number of ether oxygens (including phenoxy) is 2. The quantitative estimate of drug-likeness (QED) is 0.675. The molecule has 0 unspecified atom stereocenters. The van der Waals surface area contributed by atoms with Gasteiger partial charge in [0.05, 0.1) is 42.7 Å². The molecule has 3 aromatic rings. The summed E-state index contributed by atoms with van der Waals surface area (Å²) in [5.41, 5.74) is 1.82. The largest absolute Gasteiger partial charge is 0.378 e. The van der Waals surface area contributed by atoms with Crippen LogP contribution in [0.4, 0.5) is 11.8 Å². The van der Waals surface area contributed by atoms with Gasteiger partial charge in [-0.25, -0.2) is 4.68 Å². The normalized spacial score (nSPS) is 23.0. The number of benzene rings is 1. The average Bonchev–Trinajstić information content (AvgIpc) is 3.17. The van der Waals surface area contributed by atoms with E-state index in [1.165, 1.54) is 0 Å². The van der Waals surface area contributed by atoms with E-state index >= 15 is 0 Å². The second-order valence-corrected chi connectivity index (χ2v) is 7.74. The van der Waals surface area contributed by atoms with Gasteiger partial charge in [0, 0.05) is 26.2 Å². The van der Waals surface area contributed by atoms with E-state index in [0.29, 0.717) is 13.2 Å². The van der Waals surface area contributed by atoms with E-state index in [1.54, 1.807) is 0 Å². The van der Waals surface area contributed by atoms with Gasteiger partial charge in [-0.1, -0.05) is 18.2 Å². The maximum Gasteiger partial charge on any atom is 0.229 e. The number of para-hydroxylation sites is 1. The molecule has 2 aromatic heterocycles. The molecule has 2 atom stereocenters. The average molecular weight is 394 g/mol. The number of anilines is 2. The molecule has 1 aromatic carbocycles. The summed E-state index contributed by atoms with van der Waals surface area (Å²) >= 11 is 0. The van der Waals surface area contributed by atoms with Crippen molar-refractivity contribution in [3.05, 3.63) is 36.5 Å². The Bertz CT molecular complexity index is 976. The summed E-state index contributed by atoms with van der Waals surface area (Å²) in [5.74, 6) is 1.67. The Kier molecular flexibility index (Phi) is 4.81. The summed E-state index contributed by atoms with van der Waals surface area (Å²) in [6.07, 6.45) is 2.19. The van der Waals surface area contributed by atoms with Crippen molar-refractivity contribution in [3.8, 4) is 5.69 Å². The van der Waals surface area contributed by atoms with Crippen LogP contribution in [0.5, 0.6) is 0 Å². The monoisotopic (exact) mass is 394 g/mol. The fourth-order valence-corrected chi connectivity index (χ4v) is 4.14. The fraction of sp³-hybridized carbons (Fsp3) is 0.476. The van der Waals surface area contributed by atoms with E-state index in [4.69, 9.17) is 19.4 Å². The van der Waals surface area contributed by atoms with Crippen molar-refractivity contribution in [1.29, 1.82) is 0 Å². The van der Waals surface area contributed by atoms with Crippen LogP contribution in [-0.4, -0.2) is 71.3 Å². The predicted octanol–water partition coefficient (Wildman–Crippen LogP) is 2.27. The van der Waals surface area contributed by atoms with Gasteiger partial charge in [0.1, 0.15) is 5.82 Å². The molecule has 0 saturated carbocycles. The van der Waals surface area contributed by atoms with Gasteiger partial charge in [-0.2, -0.15) is 15.1 Å². The van der Waals surface area contributed by atoms with Gasteiger partial charge in [0.15, 0.2) is 5.65 Å². The first kappa shape index (κ1) is 18.3. The van der Waals surface area contributed by atoms with Crippen LogP contribution in [0.1, 0.15) is 13.8 Å². The molecule has 0 amide bonds. The summed E-state index contributed by atoms with van der Waals surface area (Å²) in [6, 6.07) is 10.1. The Labute approximate surface area is 170 Å². The minimum atomic E-state index is 0.153. The van der Waals surface area contributed by atoms with Crippen molar-refractivity contribution in [2.75, 3.05) is 49.2 Å². The van der Waals surface area contributed by atoms with Crippen molar-refractivity contribution in [1.82, 2.24) is 19.7 Å². The molecule has 2 aliphatic heterocycles. The zero-order valence-corrected chi connectivity index (χ0v) is 16.9. The third-order valence-electron chi connectivity index (χ3n) is 5.41. The van der Waals surface area contributed by atoms with Gasteiger partial charge in [-0.05, 0) is 26.0 Å². The molecule has 8 nitrogen and oxygen atoms in total. The van der Waals surface area contributed by atoms with Crippen LogP contribution in [0.25, 0.3) is 16.7 Å². The van der Waals surface area contributed by atoms with Crippen LogP contribution in [0.2, 0.25) is 0 Å². The maximum absolute atomic E-state index is 5.94. The zero-order chi connectivity index (χ0) is 19.8. The summed E-state index contributed by atoms with van der Waals surface area (Å²) in [7, 11) is 0. The van der Waals surface area contributed by atoms with Crippen molar-refractivity contribution < 1.29 is 9.47 Å². The molecule has 2 aliphatic rings. The van der Waals surface area contributed by atoms with E-state index in [1.807, 2.05) is 41.2 Å². The molecule has 0 radical (unpaired) electrons. The van der Waals surface area contributed by atoms with Crippen molar-refractivity contribution in [2.45, 2.75) is 26.1 Å². The smallest absolute Gasteiger partial charge is 0.229 e. The third kappa shape index (κ3) is 3.54. The van der Waals surface area contributed by atoms with E-state index in [9.17, 15) is 0 Å². The van der Waals surface area contributed by atoms with Gasteiger partial charge < -0.3 is 19.3 Å². The number of nitrogens with zero attached hydrogens (tertiary/aromatic N) is 6. The first-order valence-electron chi connectivity index (χ1n) is 10.2. The molecule has 8 heteroatoms.